The highest BCUT2D eigenvalue weighted by Crippen LogP contribution is 2.27. The maximum Gasteiger partial charge on any atom is 0.160 e. The van der Waals surface area contributed by atoms with Crippen LogP contribution in [-0.4, -0.2) is 38.3 Å². The van der Waals surface area contributed by atoms with Crippen molar-refractivity contribution in [3.8, 4) is 11.5 Å². The molecule has 0 heterocycles. The minimum Gasteiger partial charge on any atom is -0.493 e. The Morgan fingerprint density at radius 3 is 2.40 bits per heavy atom. The summed E-state index contributed by atoms with van der Waals surface area (Å²) < 4.78 is 10.6. The summed E-state index contributed by atoms with van der Waals surface area (Å²) in [6.07, 6.45) is 4.35. The van der Waals surface area contributed by atoms with Crippen molar-refractivity contribution in [2.45, 2.75) is 38.8 Å². The highest BCUT2D eigenvalue weighted by Gasteiger charge is 2.10. The first-order chi connectivity index (χ1) is 9.60. The molecular formula is C16H27NO2S. The largest absolute Gasteiger partial charge is 0.493 e. The first kappa shape index (κ1) is 17.2. The van der Waals surface area contributed by atoms with E-state index in [9.17, 15) is 0 Å². The molecule has 1 N–H and O–H groups in total. The third-order valence-electron chi connectivity index (χ3n) is 3.31. The number of methoxy groups -OCH3 is 2. The van der Waals surface area contributed by atoms with Crippen LogP contribution in [0.5, 0.6) is 11.5 Å². The van der Waals surface area contributed by atoms with Gasteiger partial charge < -0.3 is 14.8 Å². The SMILES string of the molecule is COc1ccc(CC(C)NC(C)CCSC)cc1OC. The molecule has 0 saturated carbocycles. The van der Waals surface area contributed by atoms with E-state index in [0.29, 0.717) is 12.1 Å². The van der Waals surface area contributed by atoms with Gasteiger partial charge in [0.25, 0.3) is 0 Å². The molecule has 0 aliphatic heterocycles. The van der Waals surface area contributed by atoms with Crippen LogP contribution < -0.4 is 14.8 Å². The number of hydrogen-bond donors (Lipinski definition) is 1. The molecule has 0 aliphatic carbocycles. The molecule has 1 rings (SSSR count). The normalized spacial score (nSPS) is 13.8. The van der Waals surface area contributed by atoms with E-state index in [1.807, 2.05) is 17.8 Å². The Kier molecular flexibility index (Phi) is 7.85. The number of ether oxygens (including phenoxy) is 2. The van der Waals surface area contributed by atoms with Gasteiger partial charge in [-0.15, -0.1) is 0 Å². The predicted molar refractivity (Wildman–Crippen MR) is 88.3 cm³/mol. The van der Waals surface area contributed by atoms with Crippen LogP contribution in [0.15, 0.2) is 18.2 Å². The van der Waals surface area contributed by atoms with Crippen molar-refractivity contribution in [2.24, 2.45) is 0 Å². The molecule has 2 atom stereocenters. The summed E-state index contributed by atoms with van der Waals surface area (Å²) in [5.74, 6) is 2.79. The molecule has 0 aromatic heterocycles. The Hall–Kier alpha value is -0.870. The lowest BCUT2D eigenvalue weighted by atomic mass is 10.1. The van der Waals surface area contributed by atoms with Crippen molar-refractivity contribution in [3.05, 3.63) is 23.8 Å². The zero-order valence-corrected chi connectivity index (χ0v) is 14.0. The van der Waals surface area contributed by atoms with E-state index >= 15 is 0 Å². The molecule has 0 fully saturated rings. The first-order valence-corrected chi connectivity index (χ1v) is 8.46. The average molecular weight is 297 g/mol. The molecule has 114 valence electrons. The third kappa shape index (κ3) is 5.63. The number of nitrogens with one attached hydrogen (secondary N) is 1. The lowest BCUT2D eigenvalue weighted by molar-refractivity contribution is 0.354. The highest BCUT2D eigenvalue weighted by atomic mass is 32.2. The van der Waals surface area contributed by atoms with E-state index in [4.69, 9.17) is 9.47 Å². The summed E-state index contributed by atoms with van der Waals surface area (Å²) in [6.45, 7) is 4.48. The fourth-order valence-electron chi connectivity index (χ4n) is 2.28. The second-order valence-electron chi connectivity index (χ2n) is 5.14. The summed E-state index contributed by atoms with van der Waals surface area (Å²) in [4.78, 5) is 0. The van der Waals surface area contributed by atoms with E-state index in [1.54, 1.807) is 14.2 Å². The lowest BCUT2D eigenvalue weighted by Crippen LogP contribution is -2.36. The van der Waals surface area contributed by atoms with Crippen molar-refractivity contribution < 1.29 is 9.47 Å². The van der Waals surface area contributed by atoms with Gasteiger partial charge in [0.05, 0.1) is 14.2 Å². The van der Waals surface area contributed by atoms with Crippen LogP contribution in [-0.2, 0) is 6.42 Å². The molecular weight excluding hydrogens is 270 g/mol. The van der Waals surface area contributed by atoms with Gasteiger partial charge in [0, 0.05) is 12.1 Å². The molecule has 0 aliphatic rings. The molecule has 1 aromatic carbocycles. The zero-order chi connectivity index (χ0) is 15.0. The number of thioether (sulfide) groups is 1. The Morgan fingerprint density at radius 2 is 1.80 bits per heavy atom. The zero-order valence-electron chi connectivity index (χ0n) is 13.2. The van der Waals surface area contributed by atoms with E-state index in [2.05, 4.69) is 37.6 Å². The van der Waals surface area contributed by atoms with Crippen LogP contribution in [0.3, 0.4) is 0 Å². The molecule has 20 heavy (non-hydrogen) atoms. The standard InChI is InChI=1S/C16H27NO2S/c1-12(8-9-20-5)17-13(2)10-14-6-7-15(18-3)16(11-14)19-4/h6-7,11-13,17H,8-10H2,1-5H3. The minimum atomic E-state index is 0.449. The van der Waals surface area contributed by atoms with Gasteiger partial charge in [-0.1, -0.05) is 6.07 Å². The van der Waals surface area contributed by atoms with Gasteiger partial charge in [-0.05, 0) is 56.4 Å². The highest BCUT2D eigenvalue weighted by molar-refractivity contribution is 7.98. The van der Waals surface area contributed by atoms with Gasteiger partial charge >= 0.3 is 0 Å². The van der Waals surface area contributed by atoms with E-state index in [1.165, 1.54) is 17.7 Å². The monoisotopic (exact) mass is 297 g/mol. The van der Waals surface area contributed by atoms with Gasteiger partial charge in [0.1, 0.15) is 0 Å². The second kappa shape index (κ2) is 9.14. The Bertz CT molecular complexity index is 398. The Balaban J connectivity index is 2.55. The maximum atomic E-state index is 5.34. The number of rotatable bonds is 9. The molecule has 1 aromatic rings. The van der Waals surface area contributed by atoms with Crippen molar-refractivity contribution in [3.63, 3.8) is 0 Å². The summed E-state index contributed by atoms with van der Waals surface area (Å²) in [5, 5.41) is 3.64. The quantitative estimate of drug-likeness (QED) is 0.757. The van der Waals surface area contributed by atoms with E-state index in [0.717, 1.165) is 17.9 Å². The van der Waals surface area contributed by atoms with Crippen molar-refractivity contribution in [2.75, 3.05) is 26.2 Å². The van der Waals surface area contributed by atoms with Crippen molar-refractivity contribution >= 4 is 11.8 Å². The summed E-state index contributed by atoms with van der Waals surface area (Å²) in [5.41, 5.74) is 1.26. The molecule has 3 nitrogen and oxygen atoms in total. The maximum absolute atomic E-state index is 5.34. The first-order valence-electron chi connectivity index (χ1n) is 7.06. The molecule has 2 unspecified atom stereocenters. The summed E-state index contributed by atoms with van der Waals surface area (Å²) in [6, 6.07) is 7.14. The van der Waals surface area contributed by atoms with Crippen LogP contribution >= 0.6 is 11.8 Å². The molecule has 4 heteroatoms. The van der Waals surface area contributed by atoms with Crippen LogP contribution in [0.1, 0.15) is 25.8 Å². The van der Waals surface area contributed by atoms with Crippen LogP contribution in [0, 0.1) is 0 Å². The molecule has 0 spiro atoms. The third-order valence-corrected chi connectivity index (χ3v) is 3.96. The van der Waals surface area contributed by atoms with Crippen molar-refractivity contribution in [1.82, 2.24) is 5.32 Å². The summed E-state index contributed by atoms with van der Waals surface area (Å²) >= 11 is 1.90. The van der Waals surface area contributed by atoms with Gasteiger partial charge in [-0.25, -0.2) is 0 Å². The van der Waals surface area contributed by atoms with Gasteiger partial charge in [-0.3, -0.25) is 0 Å². The predicted octanol–water partition coefficient (Wildman–Crippen LogP) is 3.37. The van der Waals surface area contributed by atoms with Gasteiger partial charge in [0.15, 0.2) is 11.5 Å². The van der Waals surface area contributed by atoms with Gasteiger partial charge in [0.2, 0.25) is 0 Å². The fraction of sp³-hybridized carbons (Fsp3) is 0.625. The summed E-state index contributed by atoms with van der Waals surface area (Å²) in [7, 11) is 3.34. The van der Waals surface area contributed by atoms with E-state index < -0.39 is 0 Å². The molecule has 0 bridgehead atoms. The minimum absolute atomic E-state index is 0.449. The smallest absolute Gasteiger partial charge is 0.160 e. The van der Waals surface area contributed by atoms with Gasteiger partial charge in [-0.2, -0.15) is 11.8 Å². The fourth-order valence-corrected chi connectivity index (χ4v) is 2.87. The number of benzene rings is 1. The topological polar surface area (TPSA) is 30.5 Å². The molecule has 0 saturated heterocycles. The van der Waals surface area contributed by atoms with Crippen LogP contribution in [0.4, 0.5) is 0 Å². The van der Waals surface area contributed by atoms with Crippen LogP contribution in [0.2, 0.25) is 0 Å². The molecule has 0 radical (unpaired) electrons. The average Bonchev–Trinajstić information content (AvgIpc) is 2.44. The van der Waals surface area contributed by atoms with Crippen molar-refractivity contribution in [1.29, 1.82) is 0 Å². The Morgan fingerprint density at radius 1 is 1.10 bits per heavy atom. The lowest BCUT2D eigenvalue weighted by Gasteiger charge is -2.20. The van der Waals surface area contributed by atoms with Crippen LogP contribution in [0.25, 0.3) is 0 Å². The second-order valence-corrected chi connectivity index (χ2v) is 6.13. The Labute approximate surface area is 127 Å². The number of hydrogen-bond acceptors (Lipinski definition) is 4. The van der Waals surface area contributed by atoms with E-state index in [-0.39, 0.29) is 0 Å². The molecule has 0 amide bonds.